The first-order valence-electron chi connectivity index (χ1n) is 5.89. The second-order valence-electron chi connectivity index (χ2n) is 3.95. The van der Waals surface area contributed by atoms with Crippen LogP contribution in [0, 0.1) is 0 Å². The van der Waals surface area contributed by atoms with E-state index in [0.717, 1.165) is 11.3 Å². The largest absolute Gasteiger partial charge is 0.481 e. The molecule has 1 aromatic carbocycles. The number of para-hydroxylation sites is 1. The van der Waals surface area contributed by atoms with Crippen molar-refractivity contribution in [3.8, 4) is 17.4 Å². The van der Waals surface area contributed by atoms with E-state index in [9.17, 15) is 0 Å². The van der Waals surface area contributed by atoms with E-state index >= 15 is 0 Å². The normalized spacial score (nSPS) is 10.4. The summed E-state index contributed by atoms with van der Waals surface area (Å²) in [6, 6.07) is 15.0. The van der Waals surface area contributed by atoms with E-state index in [1.165, 1.54) is 0 Å². The van der Waals surface area contributed by atoms with Crippen LogP contribution >= 0.6 is 0 Å². The van der Waals surface area contributed by atoms with Crippen molar-refractivity contribution in [3.05, 3.63) is 54.7 Å². The molecular formula is C15H12N2O2. The van der Waals surface area contributed by atoms with Crippen LogP contribution in [0.15, 0.2) is 54.7 Å². The molecule has 19 heavy (non-hydrogen) atoms. The van der Waals surface area contributed by atoms with Crippen molar-refractivity contribution >= 4 is 11.0 Å². The molecule has 0 unspecified atom stereocenters. The highest BCUT2D eigenvalue weighted by atomic mass is 16.5. The summed E-state index contributed by atoms with van der Waals surface area (Å²) in [5, 5.41) is 0. The van der Waals surface area contributed by atoms with Gasteiger partial charge in [-0.05, 0) is 24.3 Å². The first-order chi connectivity index (χ1) is 9.36. The number of fused-ring (bicyclic) bond motifs is 1. The number of hydrogen-bond donors (Lipinski definition) is 0. The van der Waals surface area contributed by atoms with Gasteiger partial charge in [-0.3, -0.25) is 4.98 Å². The lowest BCUT2D eigenvalue weighted by atomic mass is 10.3. The maximum Gasteiger partial charge on any atom is 0.217 e. The zero-order chi connectivity index (χ0) is 13.1. The van der Waals surface area contributed by atoms with Crippen LogP contribution in [0.3, 0.4) is 0 Å². The third kappa shape index (κ3) is 2.33. The Morgan fingerprint density at radius 2 is 1.84 bits per heavy atom. The zero-order valence-corrected chi connectivity index (χ0v) is 10.4. The van der Waals surface area contributed by atoms with Crippen molar-refractivity contribution in [2.75, 3.05) is 7.11 Å². The lowest BCUT2D eigenvalue weighted by Gasteiger charge is -2.09. The second-order valence-corrected chi connectivity index (χ2v) is 3.95. The summed E-state index contributed by atoms with van der Waals surface area (Å²) >= 11 is 0. The summed E-state index contributed by atoms with van der Waals surface area (Å²) in [4.78, 5) is 8.64. The van der Waals surface area contributed by atoms with Crippen molar-refractivity contribution < 1.29 is 9.47 Å². The Balaban J connectivity index is 2.11. The van der Waals surface area contributed by atoms with Crippen molar-refractivity contribution in [2.45, 2.75) is 0 Å². The third-order valence-corrected chi connectivity index (χ3v) is 2.69. The summed E-state index contributed by atoms with van der Waals surface area (Å²) < 4.78 is 11.0. The van der Waals surface area contributed by atoms with Crippen molar-refractivity contribution in [2.24, 2.45) is 0 Å². The smallest absolute Gasteiger partial charge is 0.217 e. The molecular weight excluding hydrogens is 240 g/mol. The molecule has 4 nitrogen and oxygen atoms in total. The summed E-state index contributed by atoms with van der Waals surface area (Å²) in [6.07, 6.45) is 1.72. The highest BCUT2D eigenvalue weighted by Gasteiger charge is 2.09. The minimum atomic E-state index is 0.506. The summed E-state index contributed by atoms with van der Waals surface area (Å²) in [7, 11) is 1.58. The summed E-state index contributed by atoms with van der Waals surface area (Å²) in [6.45, 7) is 0. The lowest BCUT2D eigenvalue weighted by Crippen LogP contribution is -1.93. The molecule has 0 saturated heterocycles. The third-order valence-electron chi connectivity index (χ3n) is 2.69. The van der Waals surface area contributed by atoms with Gasteiger partial charge >= 0.3 is 0 Å². The first kappa shape index (κ1) is 11.5. The van der Waals surface area contributed by atoms with Crippen molar-refractivity contribution in [1.82, 2.24) is 9.97 Å². The molecule has 0 aliphatic rings. The molecule has 2 heterocycles. The first-order valence-corrected chi connectivity index (χ1v) is 5.89. The van der Waals surface area contributed by atoms with E-state index in [4.69, 9.17) is 9.47 Å². The fourth-order valence-electron chi connectivity index (χ4n) is 1.81. The van der Waals surface area contributed by atoms with Gasteiger partial charge in [0.25, 0.3) is 0 Å². The topological polar surface area (TPSA) is 44.2 Å². The molecule has 4 heteroatoms. The van der Waals surface area contributed by atoms with E-state index in [2.05, 4.69) is 9.97 Å². The minimum absolute atomic E-state index is 0.506. The molecule has 0 bridgehead atoms. The van der Waals surface area contributed by atoms with Crippen LogP contribution in [-0.4, -0.2) is 17.1 Å². The molecule has 3 rings (SSSR count). The average Bonchev–Trinajstić information content (AvgIpc) is 2.48. The summed E-state index contributed by atoms with van der Waals surface area (Å²) in [5.74, 6) is 1.89. The summed E-state index contributed by atoms with van der Waals surface area (Å²) in [5.41, 5.74) is 1.46. The molecule has 2 aromatic heterocycles. The molecule has 0 radical (unpaired) electrons. The van der Waals surface area contributed by atoms with Gasteiger partial charge in [-0.2, -0.15) is 0 Å². The number of rotatable bonds is 3. The number of aromatic nitrogens is 2. The van der Waals surface area contributed by atoms with Crippen LogP contribution in [0.1, 0.15) is 0 Å². The number of benzene rings is 1. The Hall–Kier alpha value is -2.62. The molecule has 0 atom stereocenters. The van der Waals surface area contributed by atoms with Crippen molar-refractivity contribution in [1.29, 1.82) is 0 Å². The molecule has 0 aliphatic heterocycles. The SMILES string of the molecule is COc1cc(Oc2ccccc2)c2ncccc2n1. The van der Waals surface area contributed by atoms with Crippen LogP contribution in [-0.2, 0) is 0 Å². The Kier molecular flexibility index (Phi) is 2.98. The minimum Gasteiger partial charge on any atom is -0.481 e. The van der Waals surface area contributed by atoms with Gasteiger partial charge in [0.05, 0.1) is 12.6 Å². The van der Waals surface area contributed by atoms with Crippen molar-refractivity contribution in [3.63, 3.8) is 0 Å². The Morgan fingerprint density at radius 1 is 1.00 bits per heavy atom. The predicted molar refractivity (Wildman–Crippen MR) is 72.6 cm³/mol. The quantitative estimate of drug-likeness (QED) is 0.716. The fourth-order valence-corrected chi connectivity index (χ4v) is 1.81. The zero-order valence-electron chi connectivity index (χ0n) is 10.4. The Bertz CT molecular complexity index is 699. The number of methoxy groups -OCH3 is 1. The van der Waals surface area contributed by atoms with E-state index < -0.39 is 0 Å². The van der Waals surface area contributed by atoms with Gasteiger partial charge in [0.1, 0.15) is 11.3 Å². The monoisotopic (exact) mass is 252 g/mol. The van der Waals surface area contributed by atoms with Gasteiger partial charge < -0.3 is 9.47 Å². The molecule has 0 aliphatic carbocycles. The van der Waals surface area contributed by atoms with Crippen LogP contribution in [0.4, 0.5) is 0 Å². The van der Waals surface area contributed by atoms with Gasteiger partial charge in [0.15, 0.2) is 5.75 Å². The molecule has 0 amide bonds. The number of hydrogen-bond acceptors (Lipinski definition) is 4. The van der Waals surface area contributed by atoms with Crippen LogP contribution < -0.4 is 9.47 Å². The predicted octanol–water partition coefficient (Wildman–Crippen LogP) is 3.43. The number of nitrogens with zero attached hydrogens (tertiary/aromatic N) is 2. The fraction of sp³-hybridized carbons (Fsp3) is 0.0667. The van der Waals surface area contributed by atoms with E-state index in [0.29, 0.717) is 17.1 Å². The molecule has 3 aromatic rings. The average molecular weight is 252 g/mol. The maximum absolute atomic E-state index is 5.85. The Labute approximate surface area is 110 Å². The van der Waals surface area contributed by atoms with E-state index in [-0.39, 0.29) is 0 Å². The highest BCUT2D eigenvalue weighted by molar-refractivity contribution is 5.81. The molecule has 0 fully saturated rings. The molecule has 94 valence electrons. The van der Waals surface area contributed by atoms with Crippen LogP contribution in [0.2, 0.25) is 0 Å². The van der Waals surface area contributed by atoms with E-state index in [1.807, 2.05) is 42.5 Å². The second kappa shape index (κ2) is 4.94. The standard InChI is InChI=1S/C15H12N2O2/c1-18-14-10-13(19-11-6-3-2-4-7-11)15-12(17-14)8-5-9-16-15/h2-10H,1H3. The van der Waals surface area contributed by atoms with Gasteiger partial charge in [0, 0.05) is 12.3 Å². The lowest BCUT2D eigenvalue weighted by molar-refractivity contribution is 0.395. The van der Waals surface area contributed by atoms with Crippen LogP contribution in [0.25, 0.3) is 11.0 Å². The van der Waals surface area contributed by atoms with Gasteiger partial charge in [-0.1, -0.05) is 18.2 Å². The number of pyridine rings is 2. The Morgan fingerprint density at radius 3 is 2.63 bits per heavy atom. The molecule has 0 saturated carbocycles. The molecule has 0 spiro atoms. The number of ether oxygens (including phenoxy) is 2. The maximum atomic E-state index is 5.85. The van der Waals surface area contributed by atoms with Gasteiger partial charge in [-0.25, -0.2) is 4.98 Å². The van der Waals surface area contributed by atoms with Crippen LogP contribution in [0.5, 0.6) is 17.4 Å². The van der Waals surface area contributed by atoms with E-state index in [1.54, 1.807) is 19.4 Å². The molecule has 0 N–H and O–H groups in total. The van der Waals surface area contributed by atoms with Gasteiger partial charge in [-0.15, -0.1) is 0 Å². The highest BCUT2D eigenvalue weighted by Crippen LogP contribution is 2.30. The van der Waals surface area contributed by atoms with Gasteiger partial charge in [0.2, 0.25) is 5.88 Å².